The lowest BCUT2D eigenvalue weighted by Gasteiger charge is -2.12. The van der Waals surface area contributed by atoms with Crippen LogP contribution in [0.2, 0.25) is 0 Å². The summed E-state index contributed by atoms with van der Waals surface area (Å²) in [6.07, 6.45) is 3.84. The molecule has 4 aromatic rings. The molecule has 7 nitrogen and oxygen atoms in total. The zero-order valence-corrected chi connectivity index (χ0v) is 20.1. The number of benzene rings is 2. The quantitative estimate of drug-likeness (QED) is 0.270. The molecule has 2 aromatic heterocycles. The lowest BCUT2D eigenvalue weighted by atomic mass is 9.93. The van der Waals surface area contributed by atoms with E-state index < -0.39 is 11.8 Å². The van der Waals surface area contributed by atoms with E-state index in [1.165, 1.54) is 37.7 Å². The van der Waals surface area contributed by atoms with Gasteiger partial charge in [-0.05, 0) is 52.1 Å². The molecule has 0 spiro atoms. The molecule has 0 atom stereocenters. The summed E-state index contributed by atoms with van der Waals surface area (Å²) in [5, 5.41) is 0. The Bertz CT molecular complexity index is 1470. The normalized spacial score (nSPS) is 10.7. The zero-order chi connectivity index (χ0) is 26.4. The van der Waals surface area contributed by atoms with Gasteiger partial charge < -0.3 is 10.5 Å². The molecular weight excluding hydrogens is 473 g/mol. The van der Waals surface area contributed by atoms with Gasteiger partial charge in [0.2, 0.25) is 0 Å². The van der Waals surface area contributed by atoms with E-state index in [0.29, 0.717) is 5.56 Å². The highest BCUT2D eigenvalue weighted by atomic mass is 19.1. The molecule has 0 aliphatic heterocycles. The molecule has 0 fully saturated rings. The van der Waals surface area contributed by atoms with Crippen LogP contribution in [0.1, 0.15) is 47.9 Å². The molecular formula is C29H24FN3O4. The predicted molar refractivity (Wildman–Crippen MR) is 136 cm³/mol. The number of rotatable bonds is 9. The van der Waals surface area contributed by atoms with Crippen LogP contribution in [0.3, 0.4) is 0 Å². The topological polar surface area (TPSA) is 112 Å². The molecule has 8 heteroatoms. The third-order valence-corrected chi connectivity index (χ3v) is 5.93. The number of ketones is 2. The van der Waals surface area contributed by atoms with Gasteiger partial charge >= 0.3 is 5.97 Å². The summed E-state index contributed by atoms with van der Waals surface area (Å²) in [5.41, 5.74) is 10.3. The molecule has 0 unspecified atom stereocenters. The highest BCUT2D eigenvalue weighted by Crippen LogP contribution is 2.27. The second-order valence-electron chi connectivity index (χ2n) is 8.37. The molecule has 0 saturated carbocycles. The fourth-order valence-electron chi connectivity index (χ4n) is 3.94. The summed E-state index contributed by atoms with van der Waals surface area (Å²) in [6.45, 7) is 0.252. The highest BCUT2D eigenvalue weighted by molar-refractivity contribution is 5.99. The Kier molecular flexibility index (Phi) is 7.90. The number of nitrogens with zero attached hydrogens (tertiary/aromatic N) is 2. The maximum absolute atomic E-state index is 14.0. The van der Waals surface area contributed by atoms with Gasteiger partial charge in [0.05, 0.1) is 18.9 Å². The number of hydrogen-bond acceptors (Lipinski definition) is 7. The standard InChI is InChI=1S/C29H24FN3O4/c1-37-29(36)23-7-8-26(33-16-23)28(35)12-18-3-2-4-19(11-18)24-13-21(5-6-22(24)15-31)27(34)14-20-9-10-32-17-25(20)30/h2-11,13,16-17H,12,14-15,31H2,1H3. The van der Waals surface area contributed by atoms with Gasteiger partial charge in [-0.2, -0.15) is 0 Å². The molecule has 0 saturated heterocycles. The van der Waals surface area contributed by atoms with Gasteiger partial charge in [0, 0.05) is 37.3 Å². The number of ether oxygens (including phenoxy) is 1. The van der Waals surface area contributed by atoms with Crippen molar-refractivity contribution < 1.29 is 23.5 Å². The first-order valence-electron chi connectivity index (χ1n) is 11.5. The van der Waals surface area contributed by atoms with Crippen molar-refractivity contribution in [2.75, 3.05) is 7.11 Å². The first-order valence-corrected chi connectivity index (χ1v) is 11.5. The van der Waals surface area contributed by atoms with Gasteiger partial charge in [0.15, 0.2) is 11.6 Å². The summed E-state index contributed by atoms with van der Waals surface area (Å²) in [7, 11) is 1.27. The van der Waals surface area contributed by atoms with E-state index in [9.17, 15) is 18.8 Å². The van der Waals surface area contributed by atoms with Gasteiger partial charge in [0.1, 0.15) is 11.5 Å². The van der Waals surface area contributed by atoms with E-state index >= 15 is 0 Å². The Hall–Kier alpha value is -4.56. The summed E-state index contributed by atoms with van der Waals surface area (Å²) < 4.78 is 18.6. The van der Waals surface area contributed by atoms with Crippen LogP contribution < -0.4 is 5.73 Å². The monoisotopic (exact) mass is 497 g/mol. The number of Topliss-reactive ketones (excluding diaryl/α,β-unsaturated/α-hetero) is 2. The van der Waals surface area contributed by atoms with Crippen LogP contribution in [0.25, 0.3) is 11.1 Å². The molecule has 186 valence electrons. The van der Waals surface area contributed by atoms with Crippen LogP contribution >= 0.6 is 0 Å². The molecule has 2 N–H and O–H groups in total. The number of carbonyl (C=O) groups is 3. The van der Waals surface area contributed by atoms with Crippen LogP contribution in [0.4, 0.5) is 4.39 Å². The minimum atomic E-state index is -0.526. The average molecular weight is 498 g/mol. The Morgan fingerprint density at radius 1 is 0.892 bits per heavy atom. The number of methoxy groups -OCH3 is 1. The fraction of sp³-hybridized carbons (Fsp3) is 0.138. The van der Waals surface area contributed by atoms with Crippen molar-refractivity contribution in [3.63, 3.8) is 0 Å². The zero-order valence-electron chi connectivity index (χ0n) is 20.1. The van der Waals surface area contributed by atoms with Crippen molar-refractivity contribution >= 4 is 17.5 Å². The maximum atomic E-state index is 14.0. The molecule has 4 rings (SSSR count). The SMILES string of the molecule is COC(=O)c1ccc(C(=O)Cc2cccc(-c3cc(C(=O)Cc4ccncc4F)ccc3CN)c2)nc1. The lowest BCUT2D eigenvalue weighted by Crippen LogP contribution is -2.09. The summed E-state index contributed by atoms with van der Waals surface area (Å²) in [6, 6.07) is 17.1. The fourth-order valence-corrected chi connectivity index (χ4v) is 3.94. The van der Waals surface area contributed by atoms with Gasteiger partial charge in [-0.1, -0.05) is 36.4 Å². The number of esters is 1. The smallest absolute Gasteiger partial charge is 0.339 e. The molecule has 37 heavy (non-hydrogen) atoms. The molecule has 2 aromatic carbocycles. The Morgan fingerprint density at radius 3 is 2.41 bits per heavy atom. The summed E-state index contributed by atoms with van der Waals surface area (Å²) in [4.78, 5) is 45.1. The van der Waals surface area contributed by atoms with Crippen molar-refractivity contribution in [1.82, 2.24) is 9.97 Å². The van der Waals surface area contributed by atoms with Crippen LogP contribution in [-0.4, -0.2) is 34.6 Å². The van der Waals surface area contributed by atoms with E-state index in [2.05, 4.69) is 14.7 Å². The molecule has 2 heterocycles. The first kappa shape index (κ1) is 25.5. The third-order valence-electron chi connectivity index (χ3n) is 5.93. The van der Waals surface area contributed by atoms with E-state index in [1.807, 2.05) is 24.3 Å². The molecule has 0 aliphatic carbocycles. The van der Waals surface area contributed by atoms with Gasteiger partial charge in [-0.3, -0.25) is 19.6 Å². The van der Waals surface area contributed by atoms with Crippen LogP contribution in [0.5, 0.6) is 0 Å². The first-order chi connectivity index (χ1) is 17.9. The van der Waals surface area contributed by atoms with Crippen LogP contribution in [0, 0.1) is 5.82 Å². The highest BCUT2D eigenvalue weighted by Gasteiger charge is 2.15. The Morgan fingerprint density at radius 2 is 1.70 bits per heavy atom. The average Bonchev–Trinajstić information content (AvgIpc) is 2.93. The predicted octanol–water partition coefficient (Wildman–Crippen LogP) is 4.38. The van der Waals surface area contributed by atoms with E-state index in [0.717, 1.165) is 28.5 Å². The summed E-state index contributed by atoms with van der Waals surface area (Å²) in [5.74, 6) is -1.50. The lowest BCUT2D eigenvalue weighted by molar-refractivity contribution is 0.0599. The second kappa shape index (κ2) is 11.5. The minimum absolute atomic E-state index is 0.0912. The van der Waals surface area contributed by atoms with E-state index in [-0.39, 0.29) is 47.8 Å². The van der Waals surface area contributed by atoms with Crippen molar-refractivity contribution in [2.24, 2.45) is 5.73 Å². The molecule has 0 bridgehead atoms. The van der Waals surface area contributed by atoms with Crippen molar-refractivity contribution in [3.8, 4) is 11.1 Å². The number of pyridine rings is 2. The van der Waals surface area contributed by atoms with Gasteiger partial charge in [-0.15, -0.1) is 0 Å². The van der Waals surface area contributed by atoms with Crippen molar-refractivity contribution in [2.45, 2.75) is 19.4 Å². The minimum Gasteiger partial charge on any atom is -0.465 e. The number of aromatic nitrogens is 2. The number of nitrogens with two attached hydrogens (primary N) is 1. The largest absolute Gasteiger partial charge is 0.465 e. The van der Waals surface area contributed by atoms with Gasteiger partial charge in [0.25, 0.3) is 0 Å². The Labute approximate surface area is 213 Å². The number of hydrogen-bond donors (Lipinski definition) is 1. The molecule has 0 amide bonds. The van der Waals surface area contributed by atoms with Gasteiger partial charge in [-0.25, -0.2) is 9.18 Å². The van der Waals surface area contributed by atoms with Crippen LogP contribution in [0.15, 0.2) is 79.3 Å². The number of carbonyl (C=O) groups excluding carboxylic acids is 3. The Balaban J connectivity index is 1.57. The molecule has 0 radical (unpaired) electrons. The van der Waals surface area contributed by atoms with Crippen molar-refractivity contribution in [1.29, 1.82) is 0 Å². The van der Waals surface area contributed by atoms with E-state index in [1.54, 1.807) is 18.2 Å². The summed E-state index contributed by atoms with van der Waals surface area (Å²) >= 11 is 0. The third kappa shape index (κ3) is 5.99. The maximum Gasteiger partial charge on any atom is 0.339 e. The second-order valence-corrected chi connectivity index (χ2v) is 8.37. The van der Waals surface area contributed by atoms with E-state index in [4.69, 9.17) is 5.73 Å². The van der Waals surface area contributed by atoms with Crippen LogP contribution in [-0.2, 0) is 24.1 Å². The van der Waals surface area contributed by atoms with Crippen molar-refractivity contribution in [3.05, 3.63) is 119 Å². The molecule has 0 aliphatic rings. The number of halogens is 1.